The highest BCUT2D eigenvalue weighted by atomic mass is 79.9. The van der Waals surface area contributed by atoms with Crippen molar-refractivity contribution in [3.63, 3.8) is 0 Å². The Morgan fingerprint density at radius 2 is 2.11 bits per heavy atom. The number of benzene rings is 1. The maximum atomic E-state index is 11.0. The molecule has 1 aromatic rings. The van der Waals surface area contributed by atoms with Crippen LogP contribution in [-0.2, 0) is 11.2 Å². The normalized spacial score (nSPS) is 14.2. The topological polar surface area (TPSA) is 57.5 Å². The Labute approximate surface area is 116 Å². The third kappa shape index (κ3) is 4.42. The molecule has 0 heterocycles. The number of halogens is 1. The van der Waals surface area contributed by atoms with Gasteiger partial charge in [0.15, 0.2) is 0 Å². The number of rotatable bonds is 7. The highest BCUT2D eigenvalue weighted by Crippen LogP contribution is 2.24. The van der Waals surface area contributed by atoms with E-state index in [1.165, 1.54) is 5.56 Å². The molecule has 1 rings (SSSR count). The molecule has 0 bridgehead atoms. The maximum Gasteiger partial charge on any atom is 0.311 e. The summed E-state index contributed by atoms with van der Waals surface area (Å²) in [5.74, 6) is -0.924. The van der Waals surface area contributed by atoms with Gasteiger partial charge >= 0.3 is 5.97 Å². The lowest BCUT2D eigenvalue weighted by Crippen LogP contribution is -2.31. The molecule has 0 aliphatic carbocycles. The first kappa shape index (κ1) is 15.2. The Morgan fingerprint density at radius 3 is 2.67 bits per heavy atom. The number of hydrogen-bond acceptors (Lipinski definition) is 2. The molecule has 0 saturated heterocycles. The Bertz CT molecular complexity index is 406. The summed E-state index contributed by atoms with van der Waals surface area (Å²) < 4.78 is 1.06. The number of carboxylic acids is 1. The smallest absolute Gasteiger partial charge is 0.311 e. The van der Waals surface area contributed by atoms with Crippen LogP contribution in [0, 0.1) is 5.41 Å². The van der Waals surface area contributed by atoms with Gasteiger partial charge in [-0.3, -0.25) is 4.79 Å². The van der Waals surface area contributed by atoms with Crippen LogP contribution in [0.4, 0.5) is 0 Å². The summed E-state index contributed by atoms with van der Waals surface area (Å²) in [6.45, 7) is 1.29. The molecule has 1 unspecified atom stereocenters. The van der Waals surface area contributed by atoms with Crippen molar-refractivity contribution in [1.82, 2.24) is 0 Å². The molecule has 0 aliphatic rings. The molecule has 0 spiro atoms. The van der Waals surface area contributed by atoms with Crippen molar-refractivity contribution < 1.29 is 15.0 Å². The molecule has 0 aliphatic heterocycles. The summed E-state index contributed by atoms with van der Waals surface area (Å²) in [7, 11) is 0. The predicted octanol–water partition coefficient (Wildman–Crippen LogP) is 3.25. The van der Waals surface area contributed by atoms with Crippen LogP contribution in [0.3, 0.4) is 0 Å². The minimum atomic E-state index is -1.00. The van der Waals surface area contributed by atoms with Crippen LogP contribution in [0.15, 0.2) is 28.7 Å². The quantitative estimate of drug-likeness (QED) is 0.760. The molecule has 3 nitrogen and oxygen atoms in total. The third-order valence-corrected chi connectivity index (χ3v) is 3.69. The zero-order chi connectivity index (χ0) is 13.6. The van der Waals surface area contributed by atoms with E-state index in [1.807, 2.05) is 12.1 Å². The van der Waals surface area contributed by atoms with Crippen LogP contribution in [0.25, 0.3) is 0 Å². The molecule has 0 radical (unpaired) electrons. The Balaban J connectivity index is 2.37. The van der Waals surface area contributed by atoms with Crippen molar-refractivity contribution in [2.45, 2.75) is 32.6 Å². The second-order valence-corrected chi connectivity index (χ2v) is 5.78. The fourth-order valence-electron chi connectivity index (χ4n) is 1.79. The average molecular weight is 315 g/mol. The number of aryl methyl sites for hydroxylation is 1. The Morgan fingerprint density at radius 1 is 1.39 bits per heavy atom. The van der Waals surface area contributed by atoms with Crippen LogP contribution >= 0.6 is 15.9 Å². The fraction of sp³-hybridized carbons (Fsp3) is 0.500. The lowest BCUT2D eigenvalue weighted by molar-refractivity contribution is -0.150. The summed E-state index contributed by atoms with van der Waals surface area (Å²) in [5, 5.41) is 18.1. The van der Waals surface area contributed by atoms with Crippen LogP contribution < -0.4 is 0 Å². The molecule has 2 N–H and O–H groups in total. The Kier molecular flexibility index (Phi) is 5.82. The fourth-order valence-corrected chi connectivity index (χ4v) is 2.24. The van der Waals surface area contributed by atoms with Gasteiger partial charge in [0.2, 0.25) is 0 Å². The molecule has 100 valence electrons. The molecular weight excluding hydrogens is 296 g/mol. The first-order valence-electron chi connectivity index (χ1n) is 6.06. The molecule has 0 saturated carbocycles. The molecule has 4 heteroatoms. The summed E-state index contributed by atoms with van der Waals surface area (Å²) in [4.78, 5) is 11.0. The van der Waals surface area contributed by atoms with Crippen molar-refractivity contribution in [2.75, 3.05) is 6.61 Å². The molecule has 18 heavy (non-hydrogen) atoms. The van der Waals surface area contributed by atoms with Crippen molar-refractivity contribution >= 4 is 21.9 Å². The van der Waals surface area contributed by atoms with Crippen molar-refractivity contribution in [3.8, 4) is 0 Å². The molecule has 1 aromatic carbocycles. The minimum Gasteiger partial charge on any atom is -0.481 e. The summed E-state index contributed by atoms with van der Waals surface area (Å²) in [6.07, 6.45) is 3.17. The zero-order valence-corrected chi connectivity index (χ0v) is 12.1. The van der Waals surface area contributed by atoms with E-state index in [0.717, 1.165) is 23.7 Å². The number of aliphatic carboxylic acids is 1. The van der Waals surface area contributed by atoms with Crippen LogP contribution in [0.5, 0.6) is 0 Å². The van der Waals surface area contributed by atoms with Gasteiger partial charge < -0.3 is 10.2 Å². The van der Waals surface area contributed by atoms with Crippen LogP contribution in [-0.4, -0.2) is 22.8 Å². The monoisotopic (exact) mass is 314 g/mol. The van der Waals surface area contributed by atoms with Crippen LogP contribution in [0.2, 0.25) is 0 Å². The third-order valence-electron chi connectivity index (χ3n) is 3.20. The van der Waals surface area contributed by atoms with Gasteiger partial charge in [-0.15, -0.1) is 0 Å². The number of aliphatic hydroxyl groups is 1. The second kappa shape index (κ2) is 6.90. The number of carboxylic acid groups (broad SMARTS) is 1. The van der Waals surface area contributed by atoms with Gasteiger partial charge in [0.25, 0.3) is 0 Å². The minimum absolute atomic E-state index is 0.306. The summed E-state index contributed by atoms with van der Waals surface area (Å²) in [5.41, 5.74) is 0.238. The summed E-state index contributed by atoms with van der Waals surface area (Å²) >= 11 is 3.42. The van der Waals surface area contributed by atoms with E-state index in [-0.39, 0.29) is 6.61 Å². The first-order valence-corrected chi connectivity index (χ1v) is 6.86. The standard InChI is InChI=1S/C14H19BrO3/c1-14(10-16,13(17)18)8-3-2-5-11-6-4-7-12(15)9-11/h4,6-7,9,16H,2-3,5,8,10H2,1H3,(H,17,18). The average Bonchev–Trinajstić information content (AvgIpc) is 2.34. The molecular formula is C14H19BrO3. The number of aliphatic hydroxyl groups excluding tert-OH is 1. The molecule has 0 amide bonds. The number of unbranched alkanes of at least 4 members (excludes halogenated alkanes) is 1. The van der Waals surface area contributed by atoms with Gasteiger partial charge in [0, 0.05) is 4.47 Å². The van der Waals surface area contributed by atoms with E-state index in [1.54, 1.807) is 6.92 Å². The van der Waals surface area contributed by atoms with Gasteiger partial charge in [0.05, 0.1) is 12.0 Å². The highest BCUT2D eigenvalue weighted by molar-refractivity contribution is 9.10. The predicted molar refractivity (Wildman–Crippen MR) is 74.5 cm³/mol. The van der Waals surface area contributed by atoms with Gasteiger partial charge in [0.1, 0.15) is 0 Å². The zero-order valence-electron chi connectivity index (χ0n) is 10.5. The number of carbonyl (C=O) groups is 1. The SMILES string of the molecule is CC(CO)(CCCCc1cccc(Br)c1)C(=O)O. The number of hydrogen-bond donors (Lipinski definition) is 2. The first-order chi connectivity index (χ1) is 8.48. The molecule has 1 atom stereocenters. The molecule has 0 fully saturated rings. The van der Waals surface area contributed by atoms with E-state index in [4.69, 9.17) is 10.2 Å². The lowest BCUT2D eigenvalue weighted by Gasteiger charge is -2.21. The highest BCUT2D eigenvalue weighted by Gasteiger charge is 2.31. The second-order valence-electron chi connectivity index (χ2n) is 4.86. The van der Waals surface area contributed by atoms with Crippen LogP contribution in [0.1, 0.15) is 31.7 Å². The van der Waals surface area contributed by atoms with E-state index in [2.05, 4.69) is 28.1 Å². The lowest BCUT2D eigenvalue weighted by atomic mass is 9.85. The van der Waals surface area contributed by atoms with Crippen molar-refractivity contribution in [2.24, 2.45) is 5.41 Å². The van der Waals surface area contributed by atoms with E-state index >= 15 is 0 Å². The summed E-state index contributed by atoms with van der Waals surface area (Å²) in [6, 6.07) is 8.11. The van der Waals surface area contributed by atoms with E-state index in [9.17, 15) is 4.79 Å². The van der Waals surface area contributed by atoms with Crippen molar-refractivity contribution in [1.29, 1.82) is 0 Å². The van der Waals surface area contributed by atoms with Gasteiger partial charge in [-0.05, 0) is 43.9 Å². The van der Waals surface area contributed by atoms with Crippen molar-refractivity contribution in [3.05, 3.63) is 34.3 Å². The van der Waals surface area contributed by atoms with Gasteiger partial charge in [-0.1, -0.05) is 34.5 Å². The van der Waals surface area contributed by atoms with Gasteiger partial charge in [-0.2, -0.15) is 0 Å². The van der Waals surface area contributed by atoms with E-state index < -0.39 is 11.4 Å². The van der Waals surface area contributed by atoms with Gasteiger partial charge in [-0.25, -0.2) is 0 Å². The molecule has 0 aromatic heterocycles. The maximum absolute atomic E-state index is 11.0. The van der Waals surface area contributed by atoms with E-state index in [0.29, 0.717) is 6.42 Å². The largest absolute Gasteiger partial charge is 0.481 e. The Hall–Kier alpha value is -0.870.